The van der Waals surface area contributed by atoms with Crippen molar-refractivity contribution in [3.8, 4) is 5.88 Å². The molecule has 1 rings (SSSR count). The van der Waals surface area contributed by atoms with E-state index in [1.165, 1.54) is 0 Å². The molecule has 1 N–H and O–H groups in total. The molecule has 0 saturated carbocycles. The van der Waals surface area contributed by atoms with Crippen LogP contribution in [0, 0.1) is 0 Å². The van der Waals surface area contributed by atoms with E-state index in [1.807, 2.05) is 6.07 Å². The van der Waals surface area contributed by atoms with E-state index in [-0.39, 0.29) is 0 Å². The van der Waals surface area contributed by atoms with Crippen LogP contribution in [0.15, 0.2) is 12.3 Å². The highest BCUT2D eigenvalue weighted by Crippen LogP contribution is 2.19. The Morgan fingerprint density at radius 1 is 1.28 bits per heavy atom. The van der Waals surface area contributed by atoms with Crippen LogP contribution < -0.4 is 10.1 Å². The van der Waals surface area contributed by atoms with Gasteiger partial charge in [-0.15, -0.1) is 0 Å². The van der Waals surface area contributed by atoms with Gasteiger partial charge >= 0.3 is 0 Å². The summed E-state index contributed by atoms with van der Waals surface area (Å²) in [6.07, 6.45) is 2.64. The van der Waals surface area contributed by atoms with Crippen molar-refractivity contribution in [2.24, 2.45) is 0 Å². The number of nitrogens with zero attached hydrogens (tertiary/aromatic N) is 1. The highest BCUT2D eigenvalue weighted by Gasteiger charge is 2.03. The Hall–Kier alpha value is -0.840. The molecule has 0 amide bonds. The SMILES string of the molecule is CCCOCCOc1cc(CNCC)c(Cl)cn1. The van der Waals surface area contributed by atoms with Crippen LogP contribution in [-0.4, -0.2) is 31.3 Å². The molecule has 0 saturated heterocycles. The van der Waals surface area contributed by atoms with Crippen LogP contribution in [0.5, 0.6) is 5.88 Å². The van der Waals surface area contributed by atoms with E-state index in [4.69, 9.17) is 21.1 Å². The Morgan fingerprint density at radius 2 is 2.11 bits per heavy atom. The summed E-state index contributed by atoms with van der Waals surface area (Å²) in [5.41, 5.74) is 0.998. The molecular formula is C13H21ClN2O2. The van der Waals surface area contributed by atoms with E-state index in [0.717, 1.165) is 31.7 Å². The van der Waals surface area contributed by atoms with Gasteiger partial charge in [-0.2, -0.15) is 0 Å². The first-order valence-corrected chi connectivity index (χ1v) is 6.71. The number of ether oxygens (including phenoxy) is 2. The van der Waals surface area contributed by atoms with Crippen molar-refractivity contribution in [3.63, 3.8) is 0 Å². The molecule has 0 spiro atoms. The molecule has 1 aromatic heterocycles. The van der Waals surface area contributed by atoms with Crippen LogP contribution in [-0.2, 0) is 11.3 Å². The predicted molar refractivity (Wildman–Crippen MR) is 73.2 cm³/mol. The number of halogens is 1. The number of rotatable bonds is 9. The molecule has 5 heteroatoms. The third kappa shape index (κ3) is 5.67. The van der Waals surface area contributed by atoms with Gasteiger partial charge < -0.3 is 14.8 Å². The van der Waals surface area contributed by atoms with Gasteiger partial charge in [-0.3, -0.25) is 0 Å². The van der Waals surface area contributed by atoms with E-state index < -0.39 is 0 Å². The van der Waals surface area contributed by atoms with Crippen LogP contribution in [0.1, 0.15) is 25.8 Å². The van der Waals surface area contributed by atoms with Crippen LogP contribution >= 0.6 is 11.6 Å². The lowest BCUT2D eigenvalue weighted by Crippen LogP contribution is -2.13. The number of nitrogens with one attached hydrogen (secondary N) is 1. The summed E-state index contributed by atoms with van der Waals surface area (Å²) < 4.78 is 10.8. The first kappa shape index (κ1) is 15.2. The van der Waals surface area contributed by atoms with Gasteiger partial charge in [0.05, 0.1) is 11.6 Å². The molecule has 102 valence electrons. The number of pyridine rings is 1. The lowest BCUT2D eigenvalue weighted by atomic mass is 10.2. The summed E-state index contributed by atoms with van der Waals surface area (Å²) in [6.45, 7) is 7.62. The fraction of sp³-hybridized carbons (Fsp3) is 0.615. The van der Waals surface area contributed by atoms with Gasteiger partial charge in [0, 0.05) is 25.4 Å². The van der Waals surface area contributed by atoms with Crippen LogP contribution in [0.25, 0.3) is 0 Å². The zero-order chi connectivity index (χ0) is 13.2. The zero-order valence-electron chi connectivity index (χ0n) is 11.0. The molecule has 1 aromatic rings. The van der Waals surface area contributed by atoms with Gasteiger partial charge in [0.25, 0.3) is 0 Å². The van der Waals surface area contributed by atoms with Crippen molar-refractivity contribution in [3.05, 3.63) is 22.8 Å². The van der Waals surface area contributed by atoms with E-state index in [2.05, 4.69) is 24.1 Å². The minimum absolute atomic E-state index is 0.509. The van der Waals surface area contributed by atoms with Gasteiger partial charge in [-0.05, 0) is 18.5 Å². The molecule has 1 heterocycles. The van der Waals surface area contributed by atoms with Crippen LogP contribution in [0.2, 0.25) is 5.02 Å². The fourth-order valence-corrected chi connectivity index (χ4v) is 1.55. The molecular weight excluding hydrogens is 252 g/mol. The molecule has 0 aliphatic rings. The molecule has 0 aromatic carbocycles. The highest BCUT2D eigenvalue weighted by atomic mass is 35.5. The van der Waals surface area contributed by atoms with Gasteiger partial charge in [0.1, 0.15) is 6.61 Å². The van der Waals surface area contributed by atoms with E-state index in [0.29, 0.717) is 24.1 Å². The van der Waals surface area contributed by atoms with Crippen molar-refractivity contribution >= 4 is 11.6 Å². The maximum atomic E-state index is 6.05. The normalized spacial score (nSPS) is 10.6. The zero-order valence-corrected chi connectivity index (χ0v) is 11.8. The molecule has 18 heavy (non-hydrogen) atoms. The minimum atomic E-state index is 0.509. The second-order valence-electron chi connectivity index (χ2n) is 3.86. The second kappa shape index (κ2) is 9.14. The highest BCUT2D eigenvalue weighted by molar-refractivity contribution is 6.31. The Balaban J connectivity index is 2.40. The largest absolute Gasteiger partial charge is 0.475 e. The number of hydrogen-bond acceptors (Lipinski definition) is 4. The summed E-state index contributed by atoms with van der Waals surface area (Å²) >= 11 is 6.05. The number of aromatic nitrogens is 1. The molecule has 0 radical (unpaired) electrons. The Bertz CT molecular complexity index is 348. The molecule has 0 bridgehead atoms. The van der Waals surface area contributed by atoms with Crippen molar-refractivity contribution in [2.45, 2.75) is 26.8 Å². The fourth-order valence-electron chi connectivity index (χ4n) is 1.38. The first-order chi connectivity index (χ1) is 8.77. The molecule has 0 fully saturated rings. The maximum Gasteiger partial charge on any atom is 0.213 e. The lowest BCUT2D eigenvalue weighted by molar-refractivity contribution is 0.0990. The Labute approximate surface area is 114 Å². The van der Waals surface area contributed by atoms with Gasteiger partial charge in [0.15, 0.2) is 0 Å². The smallest absolute Gasteiger partial charge is 0.213 e. The van der Waals surface area contributed by atoms with Gasteiger partial charge in [-0.1, -0.05) is 25.4 Å². The third-order valence-corrected chi connectivity index (χ3v) is 2.64. The lowest BCUT2D eigenvalue weighted by Gasteiger charge is -2.09. The summed E-state index contributed by atoms with van der Waals surface area (Å²) in [6, 6.07) is 1.87. The van der Waals surface area contributed by atoms with Crippen molar-refractivity contribution in [1.82, 2.24) is 10.3 Å². The van der Waals surface area contributed by atoms with Crippen LogP contribution in [0.3, 0.4) is 0 Å². The predicted octanol–water partition coefficient (Wildman–Crippen LogP) is 2.65. The summed E-state index contributed by atoms with van der Waals surface area (Å²) in [7, 11) is 0. The molecule has 4 nitrogen and oxygen atoms in total. The second-order valence-corrected chi connectivity index (χ2v) is 4.26. The maximum absolute atomic E-state index is 6.05. The van der Waals surface area contributed by atoms with Gasteiger partial charge in [0.2, 0.25) is 5.88 Å². The first-order valence-electron chi connectivity index (χ1n) is 6.33. The monoisotopic (exact) mass is 272 g/mol. The average molecular weight is 273 g/mol. The average Bonchev–Trinajstić information content (AvgIpc) is 2.39. The molecule has 0 aliphatic heterocycles. The van der Waals surface area contributed by atoms with Crippen molar-refractivity contribution < 1.29 is 9.47 Å². The minimum Gasteiger partial charge on any atom is -0.475 e. The Kier molecular flexibility index (Phi) is 7.73. The molecule has 0 atom stereocenters. The van der Waals surface area contributed by atoms with E-state index in [1.54, 1.807) is 6.20 Å². The van der Waals surface area contributed by atoms with Gasteiger partial charge in [-0.25, -0.2) is 4.98 Å². The third-order valence-electron chi connectivity index (χ3n) is 2.30. The summed E-state index contributed by atoms with van der Waals surface area (Å²) in [4.78, 5) is 4.13. The number of hydrogen-bond donors (Lipinski definition) is 1. The van der Waals surface area contributed by atoms with Crippen LogP contribution in [0.4, 0.5) is 0 Å². The molecule has 0 unspecified atom stereocenters. The standard InChI is InChI=1S/C13H21ClN2O2/c1-3-5-17-6-7-18-13-8-11(9-15-4-2)12(14)10-16-13/h8,10,15H,3-7,9H2,1-2H3. The quantitative estimate of drug-likeness (QED) is 0.702. The molecule has 0 aliphatic carbocycles. The topological polar surface area (TPSA) is 43.4 Å². The Morgan fingerprint density at radius 3 is 2.83 bits per heavy atom. The van der Waals surface area contributed by atoms with E-state index in [9.17, 15) is 0 Å². The van der Waals surface area contributed by atoms with Crippen molar-refractivity contribution in [2.75, 3.05) is 26.4 Å². The van der Waals surface area contributed by atoms with Crippen molar-refractivity contribution in [1.29, 1.82) is 0 Å². The van der Waals surface area contributed by atoms with E-state index >= 15 is 0 Å². The summed E-state index contributed by atoms with van der Waals surface area (Å²) in [5.74, 6) is 0.590. The summed E-state index contributed by atoms with van der Waals surface area (Å²) in [5, 5.41) is 3.88.